The summed E-state index contributed by atoms with van der Waals surface area (Å²) in [7, 11) is 0. The molecule has 4 aromatic rings. The summed E-state index contributed by atoms with van der Waals surface area (Å²) in [6.07, 6.45) is 11.9. The van der Waals surface area contributed by atoms with Crippen molar-refractivity contribution in [2.24, 2.45) is 0 Å². The number of nitrogens with zero attached hydrogens (tertiary/aromatic N) is 3. The van der Waals surface area contributed by atoms with Crippen LogP contribution in [0, 0.1) is 20.8 Å². The van der Waals surface area contributed by atoms with Gasteiger partial charge in [-0.1, -0.05) is 78.2 Å². The van der Waals surface area contributed by atoms with Crippen LogP contribution in [0.15, 0.2) is 36.4 Å². The molecule has 0 aliphatic rings. The summed E-state index contributed by atoms with van der Waals surface area (Å²) in [6, 6.07) is 10.8. The fourth-order valence-electron chi connectivity index (χ4n) is 5.91. The maximum Gasteiger partial charge on any atom is 0.167 e. The van der Waals surface area contributed by atoms with E-state index in [-0.39, 0.29) is 34.7 Å². The predicted molar refractivity (Wildman–Crippen MR) is 204 cm³/mol. The summed E-state index contributed by atoms with van der Waals surface area (Å²) in [4.78, 5) is 14.3. The van der Waals surface area contributed by atoms with E-state index in [2.05, 4.69) is 20.8 Å². The van der Waals surface area contributed by atoms with Crippen molar-refractivity contribution in [2.75, 3.05) is 19.8 Å². The average molecular weight is 700 g/mol. The van der Waals surface area contributed by atoms with E-state index in [1.165, 1.54) is 0 Å². The van der Waals surface area contributed by atoms with Crippen LogP contribution in [-0.4, -0.2) is 50.1 Å². The number of aromatic nitrogens is 3. The number of benzene rings is 3. The Bertz CT molecular complexity index is 1510. The van der Waals surface area contributed by atoms with Crippen LogP contribution >= 0.6 is 0 Å². The van der Waals surface area contributed by atoms with Crippen molar-refractivity contribution in [1.29, 1.82) is 0 Å². The topological polar surface area (TPSA) is 127 Å². The Hall–Kier alpha value is -4.37. The van der Waals surface area contributed by atoms with Gasteiger partial charge < -0.3 is 29.5 Å². The van der Waals surface area contributed by atoms with E-state index in [4.69, 9.17) is 29.2 Å². The molecular weight excluding hydrogens is 642 g/mol. The molecule has 0 saturated carbocycles. The van der Waals surface area contributed by atoms with Gasteiger partial charge in [0.05, 0.1) is 36.5 Å². The minimum atomic E-state index is -0.00708. The molecule has 1 heterocycles. The van der Waals surface area contributed by atoms with Gasteiger partial charge in [-0.15, -0.1) is 0 Å². The molecule has 1 aromatic heterocycles. The third kappa shape index (κ3) is 10.3. The molecule has 0 fully saturated rings. The van der Waals surface area contributed by atoms with Crippen molar-refractivity contribution >= 4 is 0 Å². The summed E-state index contributed by atoms with van der Waals surface area (Å²) >= 11 is 0. The monoisotopic (exact) mass is 699 g/mol. The highest BCUT2D eigenvalue weighted by atomic mass is 16.5. The normalized spacial score (nSPS) is 11.3. The second kappa shape index (κ2) is 19.9. The van der Waals surface area contributed by atoms with Crippen molar-refractivity contribution in [3.8, 4) is 62.9 Å². The number of hydrogen-bond donors (Lipinski definition) is 3. The van der Waals surface area contributed by atoms with Crippen LogP contribution in [0.25, 0.3) is 34.2 Å². The van der Waals surface area contributed by atoms with Crippen LogP contribution in [0.1, 0.15) is 114 Å². The molecule has 9 heteroatoms. The van der Waals surface area contributed by atoms with E-state index in [0.29, 0.717) is 71.3 Å². The Labute approximate surface area is 304 Å². The molecule has 0 bridgehead atoms. The third-order valence-corrected chi connectivity index (χ3v) is 9.32. The second-order valence-electron chi connectivity index (χ2n) is 13.3. The zero-order chi connectivity index (χ0) is 36.8. The van der Waals surface area contributed by atoms with E-state index < -0.39 is 0 Å². The molecule has 276 valence electrons. The fourth-order valence-corrected chi connectivity index (χ4v) is 5.91. The Kier molecular flexibility index (Phi) is 15.4. The van der Waals surface area contributed by atoms with Crippen LogP contribution in [0.4, 0.5) is 0 Å². The van der Waals surface area contributed by atoms with Gasteiger partial charge in [-0.2, -0.15) is 0 Å². The highest BCUT2D eigenvalue weighted by Crippen LogP contribution is 2.41. The smallest absolute Gasteiger partial charge is 0.167 e. The minimum absolute atomic E-state index is 0.00708. The standard InChI is InChI=1S/C42H57N3O6/c1-7-10-13-16-25-50-35-22-20-33(38(47)29(35)5)41-43-40(32-19-18-31(28(4)37(32)46)27-49-24-15-12-9-3)44-42(45-41)34-21-23-36(30(6)39(34)48)51-26-17-14-11-8-2/h18-23,46-48H,7-17,24-27H2,1-6H3. The van der Waals surface area contributed by atoms with Gasteiger partial charge in [0.15, 0.2) is 17.5 Å². The quantitative estimate of drug-likeness (QED) is 0.0728. The number of aromatic hydroxyl groups is 3. The molecule has 0 spiro atoms. The summed E-state index contributed by atoms with van der Waals surface area (Å²) < 4.78 is 17.9. The second-order valence-corrected chi connectivity index (χ2v) is 13.3. The SMILES string of the molecule is CCCCCCOc1ccc(-c2nc(-c3ccc(COCCCCC)c(C)c3O)nc(-c3ccc(OCCCCCC)c(C)c3O)n2)c(O)c1C. The van der Waals surface area contributed by atoms with Crippen molar-refractivity contribution in [3.63, 3.8) is 0 Å². The molecule has 51 heavy (non-hydrogen) atoms. The molecule has 0 unspecified atom stereocenters. The van der Waals surface area contributed by atoms with Crippen LogP contribution in [-0.2, 0) is 11.3 Å². The first-order chi connectivity index (χ1) is 24.7. The first-order valence-electron chi connectivity index (χ1n) is 18.8. The lowest BCUT2D eigenvalue weighted by Gasteiger charge is -2.16. The predicted octanol–water partition coefficient (Wildman–Crippen LogP) is 10.5. The Morgan fingerprint density at radius 3 is 1.31 bits per heavy atom. The van der Waals surface area contributed by atoms with E-state index in [9.17, 15) is 15.3 Å². The van der Waals surface area contributed by atoms with Gasteiger partial charge in [0.2, 0.25) is 0 Å². The highest BCUT2D eigenvalue weighted by molar-refractivity contribution is 5.76. The summed E-state index contributed by atoms with van der Waals surface area (Å²) in [5, 5.41) is 34.3. The lowest BCUT2D eigenvalue weighted by molar-refractivity contribution is 0.116. The molecule has 0 aliphatic heterocycles. The molecule has 3 N–H and O–H groups in total. The largest absolute Gasteiger partial charge is 0.507 e. The lowest BCUT2D eigenvalue weighted by Crippen LogP contribution is -2.04. The molecule has 9 nitrogen and oxygen atoms in total. The minimum Gasteiger partial charge on any atom is -0.507 e. The van der Waals surface area contributed by atoms with E-state index in [1.54, 1.807) is 32.0 Å². The molecular formula is C42H57N3O6. The van der Waals surface area contributed by atoms with Gasteiger partial charge in [0.1, 0.15) is 28.7 Å². The van der Waals surface area contributed by atoms with Gasteiger partial charge in [-0.25, -0.2) is 15.0 Å². The van der Waals surface area contributed by atoms with Crippen LogP contribution in [0.2, 0.25) is 0 Å². The number of hydrogen-bond acceptors (Lipinski definition) is 9. The number of unbranched alkanes of at least 4 members (excludes halogenated alkanes) is 8. The molecule has 4 rings (SSSR count). The summed E-state index contributed by atoms with van der Waals surface area (Å²) in [6.45, 7) is 14.1. The maximum absolute atomic E-state index is 11.5. The number of ether oxygens (including phenoxy) is 3. The Morgan fingerprint density at radius 2 is 0.863 bits per heavy atom. The van der Waals surface area contributed by atoms with Crippen molar-refractivity contribution in [2.45, 2.75) is 119 Å². The average Bonchev–Trinajstić information content (AvgIpc) is 3.13. The molecule has 0 saturated heterocycles. The van der Waals surface area contributed by atoms with Gasteiger partial charge >= 0.3 is 0 Å². The molecule has 0 atom stereocenters. The fraction of sp³-hybridized carbons (Fsp3) is 0.500. The van der Waals surface area contributed by atoms with Crippen LogP contribution in [0.5, 0.6) is 28.7 Å². The number of rotatable bonds is 21. The Morgan fingerprint density at radius 1 is 0.471 bits per heavy atom. The number of phenolic OH excluding ortho intramolecular Hbond substituents is 3. The first kappa shape index (κ1) is 39.4. The van der Waals surface area contributed by atoms with Crippen molar-refractivity contribution in [1.82, 2.24) is 15.0 Å². The molecule has 0 radical (unpaired) electrons. The number of phenols is 3. The van der Waals surface area contributed by atoms with Crippen molar-refractivity contribution in [3.05, 3.63) is 58.7 Å². The first-order valence-corrected chi connectivity index (χ1v) is 18.8. The summed E-state index contributed by atoms with van der Waals surface area (Å²) in [5.41, 5.74) is 3.86. The van der Waals surface area contributed by atoms with Gasteiger partial charge in [-0.05, 0) is 81.5 Å². The lowest BCUT2D eigenvalue weighted by atomic mass is 10.0. The van der Waals surface area contributed by atoms with E-state index in [1.807, 2.05) is 25.1 Å². The van der Waals surface area contributed by atoms with Crippen molar-refractivity contribution < 1.29 is 29.5 Å². The van der Waals surface area contributed by atoms with Gasteiger partial charge in [-0.3, -0.25) is 0 Å². The Balaban J connectivity index is 1.74. The molecule has 0 amide bonds. The van der Waals surface area contributed by atoms with Gasteiger partial charge in [0.25, 0.3) is 0 Å². The van der Waals surface area contributed by atoms with Gasteiger partial charge in [0, 0.05) is 17.7 Å². The molecule has 0 aliphatic carbocycles. The van der Waals surface area contributed by atoms with Crippen LogP contribution < -0.4 is 9.47 Å². The zero-order valence-electron chi connectivity index (χ0n) is 31.5. The van der Waals surface area contributed by atoms with Crippen LogP contribution in [0.3, 0.4) is 0 Å². The highest BCUT2D eigenvalue weighted by Gasteiger charge is 2.22. The third-order valence-electron chi connectivity index (χ3n) is 9.32. The van der Waals surface area contributed by atoms with E-state index in [0.717, 1.165) is 76.2 Å². The van der Waals surface area contributed by atoms with E-state index >= 15 is 0 Å². The molecule has 3 aromatic carbocycles. The maximum atomic E-state index is 11.5. The zero-order valence-corrected chi connectivity index (χ0v) is 31.5. The summed E-state index contributed by atoms with van der Waals surface area (Å²) in [5.74, 6) is 1.81.